The molecule has 0 saturated carbocycles. The van der Waals surface area contributed by atoms with Gasteiger partial charge in [0.1, 0.15) is 5.82 Å². The first-order valence-electron chi connectivity index (χ1n) is 9.27. The van der Waals surface area contributed by atoms with E-state index >= 15 is 0 Å². The maximum absolute atomic E-state index is 12.3. The van der Waals surface area contributed by atoms with Crippen LogP contribution in [0, 0.1) is 0 Å². The predicted octanol–water partition coefficient (Wildman–Crippen LogP) is 4.31. The lowest BCUT2D eigenvalue weighted by atomic mass is 10.2. The molecule has 1 N–H and O–H groups in total. The molecule has 0 unspecified atom stereocenters. The number of pyridine rings is 1. The fourth-order valence-electron chi connectivity index (χ4n) is 3.30. The number of nitrogens with one attached hydrogen (secondary N) is 1. The molecule has 1 fully saturated rings. The maximum atomic E-state index is 12.3. The number of rotatable bonds is 4. The van der Waals surface area contributed by atoms with E-state index in [1.54, 1.807) is 6.20 Å². The number of anilines is 3. The minimum absolute atomic E-state index is 0.156. The van der Waals surface area contributed by atoms with E-state index in [2.05, 4.69) is 26.2 Å². The number of nitrogens with zero attached hydrogens (tertiary/aromatic N) is 3. The van der Waals surface area contributed by atoms with Crippen molar-refractivity contribution < 1.29 is 4.79 Å². The van der Waals surface area contributed by atoms with Gasteiger partial charge in [0.05, 0.1) is 5.56 Å². The molecule has 4 rings (SSSR count). The molecule has 1 aromatic heterocycles. The molecule has 1 aliphatic rings. The summed E-state index contributed by atoms with van der Waals surface area (Å²) in [4.78, 5) is 21.4. The van der Waals surface area contributed by atoms with Gasteiger partial charge in [-0.05, 0) is 42.5 Å². The second kappa shape index (κ2) is 8.31. The van der Waals surface area contributed by atoms with E-state index in [0.29, 0.717) is 5.56 Å². The second-order valence-electron chi connectivity index (χ2n) is 6.68. The van der Waals surface area contributed by atoms with Gasteiger partial charge in [-0.15, -0.1) is 0 Å². The van der Waals surface area contributed by atoms with Crippen molar-refractivity contribution in [3.8, 4) is 0 Å². The molecule has 6 heteroatoms. The van der Waals surface area contributed by atoms with Gasteiger partial charge in [0, 0.05) is 48.8 Å². The number of piperazine rings is 1. The van der Waals surface area contributed by atoms with E-state index in [0.717, 1.165) is 48.4 Å². The van der Waals surface area contributed by atoms with Crippen LogP contribution in [0.2, 0.25) is 5.02 Å². The first-order chi connectivity index (χ1) is 13.7. The molecule has 0 radical (unpaired) electrons. The Morgan fingerprint density at radius 2 is 1.64 bits per heavy atom. The topological polar surface area (TPSA) is 48.5 Å². The molecule has 2 aromatic carbocycles. The molecule has 0 bridgehead atoms. The van der Waals surface area contributed by atoms with Gasteiger partial charge in [0.25, 0.3) is 5.91 Å². The van der Waals surface area contributed by atoms with Gasteiger partial charge in [-0.3, -0.25) is 4.79 Å². The summed E-state index contributed by atoms with van der Waals surface area (Å²) in [5.74, 6) is 0.734. The highest BCUT2D eigenvalue weighted by Crippen LogP contribution is 2.22. The molecule has 1 aliphatic heterocycles. The van der Waals surface area contributed by atoms with E-state index in [-0.39, 0.29) is 5.91 Å². The lowest BCUT2D eigenvalue weighted by molar-refractivity contribution is 0.102. The Kier molecular flexibility index (Phi) is 5.44. The SMILES string of the molecule is O=C(Nc1ccccc1)c1ccc(N2CCN(c3cccc(Cl)c3)CC2)nc1. The number of hydrogen-bond acceptors (Lipinski definition) is 4. The maximum Gasteiger partial charge on any atom is 0.257 e. The quantitative estimate of drug-likeness (QED) is 0.718. The number of halogens is 1. The van der Waals surface area contributed by atoms with Crippen molar-refractivity contribution in [2.75, 3.05) is 41.3 Å². The second-order valence-corrected chi connectivity index (χ2v) is 7.12. The summed E-state index contributed by atoms with van der Waals surface area (Å²) in [7, 11) is 0. The monoisotopic (exact) mass is 392 g/mol. The molecule has 1 amide bonds. The molecule has 0 spiro atoms. The molecule has 142 valence electrons. The summed E-state index contributed by atoms with van der Waals surface area (Å²) >= 11 is 6.10. The van der Waals surface area contributed by atoms with Crippen molar-refractivity contribution in [1.82, 2.24) is 4.98 Å². The van der Waals surface area contributed by atoms with Gasteiger partial charge in [-0.1, -0.05) is 35.9 Å². The van der Waals surface area contributed by atoms with Crippen LogP contribution < -0.4 is 15.1 Å². The number of amides is 1. The summed E-state index contributed by atoms with van der Waals surface area (Å²) in [6, 6.07) is 21.1. The molecule has 5 nitrogen and oxygen atoms in total. The zero-order valence-corrected chi connectivity index (χ0v) is 16.1. The van der Waals surface area contributed by atoms with Crippen molar-refractivity contribution >= 4 is 34.7 Å². The third-order valence-corrected chi connectivity index (χ3v) is 5.05. The molecule has 2 heterocycles. The Hall–Kier alpha value is -3.05. The Morgan fingerprint density at radius 3 is 2.32 bits per heavy atom. The first-order valence-corrected chi connectivity index (χ1v) is 9.65. The standard InChI is InChI=1S/C22H21ClN4O/c23-18-5-4-8-20(15-18)26-11-13-27(14-12-26)21-10-9-17(16-24-21)22(28)25-19-6-2-1-3-7-19/h1-10,15-16H,11-14H2,(H,25,28). The van der Waals surface area contributed by atoms with Gasteiger partial charge in [-0.2, -0.15) is 0 Å². The summed E-state index contributed by atoms with van der Waals surface area (Å²) in [6.07, 6.45) is 1.64. The third kappa shape index (κ3) is 4.26. The highest BCUT2D eigenvalue weighted by Gasteiger charge is 2.19. The highest BCUT2D eigenvalue weighted by atomic mass is 35.5. The lowest BCUT2D eigenvalue weighted by Crippen LogP contribution is -2.46. The lowest BCUT2D eigenvalue weighted by Gasteiger charge is -2.36. The number of hydrogen-bond donors (Lipinski definition) is 1. The number of carbonyl (C=O) groups is 1. The van der Waals surface area contributed by atoms with E-state index in [1.165, 1.54) is 0 Å². The minimum Gasteiger partial charge on any atom is -0.368 e. The van der Waals surface area contributed by atoms with Crippen LogP contribution in [0.3, 0.4) is 0 Å². The van der Waals surface area contributed by atoms with Crippen LogP contribution in [-0.2, 0) is 0 Å². The normalized spacial score (nSPS) is 14.0. The van der Waals surface area contributed by atoms with Gasteiger partial charge in [-0.25, -0.2) is 4.98 Å². The van der Waals surface area contributed by atoms with E-state index in [1.807, 2.05) is 60.7 Å². The third-order valence-electron chi connectivity index (χ3n) is 4.82. The van der Waals surface area contributed by atoms with Crippen LogP contribution >= 0.6 is 11.6 Å². The molecule has 0 aliphatic carbocycles. The summed E-state index contributed by atoms with van der Waals surface area (Å²) in [6.45, 7) is 3.54. The number of para-hydroxylation sites is 1. The number of carbonyl (C=O) groups excluding carboxylic acids is 1. The average molecular weight is 393 g/mol. The summed E-state index contributed by atoms with van der Waals surface area (Å²) < 4.78 is 0. The average Bonchev–Trinajstić information content (AvgIpc) is 2.75. The Bertz CT molecular complexity index is 938. The fraction of sp³-hybridized carbons (Fsp3) is 0.182. The van der Waals surface area contributed by atoms with Gasteiger partial charge < -0.3 is 15.1 Å². The van der Waals surface area contributed by atoms with Crippen molar-refractivity contribution in [2.45, 2.75) is 0 Å². The van der Waals surface area contributed by atoms with Crippen molar-refractivity contribution in [3.63, 3.8) is 0 Å². The van der Waals surface area contributed by atoms with Crippen LogP contribution in [-0.4, -0.2) is 37.1 Å². The minimum atomic E-state index is -0.156. The number of aromatic nitrogens is 1. The largest absolute Gasteiger partial charge is 0.368 e. The van der Waals surface area contributed by atoms with Crippen molar-refractivity contribution in [3.05, 3.63) is 83.5 Å². The van der Waals surface area contributed by atoms with Crippen LogP contribution in [0.5, 0.6) is 0 Å². The predicted molar refractivity (Wildman–Crippen MR) is 115 cm³/mol. The smallest absolute Gasteiger partial charge is 0.257 e. The molecular formula is C22H21ClN4O. The van der Waals surface area contributed by atoms with E-state index < -0.39 is 0 Å². The van der Waals surface area contributed by atoms with Crippen molar-refractivity contribution in [2.24, 2.45) is 0 Å². The molecule has 1 saturated heterocycles. The zero-order chi connectivity index (χ0) is 19.3. The summed E-state index contributed by atoms with van der Waals surface area (Å²) in [5, 5.41) is 3.63. The molecular weight excluding hydrogens is 372 g/mol. The van der Waals surface area contributed by atoms with Gasteiger partial charge in [0.15, 0.2) is 0 Å². The Balaban J connectivity index is 1.36. The van der Waals surface area contributed by atoms with Crippen LogP contribution in [0.25, 0.3) is 0 Å². The van der Waals surface area contributed by atoms with Crippen LogP contribution in [0.1, 0.15) is 10.4 Å². The van der Waals surface area contributed by atoms with E-state index in [9.17, 15) is 4.79 Å². The van der Waals surface area contributed by atoms with Crippen LogP contribution in [0.15, 0.2) is 72.9 Å². The molecule has 3 aromatic rings. The van der Waals surface area contributed by atoms with Crippen molar-refractivity contribution in [1.29, 1.82) is 0 Å². The Morgan fingerprint density at radius 1 is 0.893 bits per heavy atom. The molecule has 28 heavy (non-hydrogen) atoms. The van der Waals surface area contributed by atoms with Gasteiger partial charge in [0.2, 0.25) is 0 Å². The van der Waals surface area contributed by atoms with E-state index in [4.69, 9.17) is 11.6 Å². The first kappa shape index (κ1) is 18.3. The highest BCUT2D eigenvalue weighted by molar-refractivity contribution is 6.30. The zero-order valence-electron chi connectivity index (χ0n) is 15.4. The number of benzene rings is 2. The summed E-state index contributed by atoms with van der Waals surface area (Å²) in [5.41, 5.74) is 2.46. The van der Waals surface area contributed by atoms with Gasteiger partial charge >= 0.3 is 0 Å². The van der Waals surface area contributed by atoms with Crippen LogP contribution in [0.4, 0.5) is 17.2 Å². The molecule has 0 atom stereocenters. The fourth-order valence-corrected chi connectivity index (χ4v) is 3.48. The Labute approximate surface area is 169 Å².